The van der Waals surface area contributed by atoms with Crippen LogP contribution in [0.2, 0.25) is 0 Å². The summed E-state index contributed by atoms with van der Waals surface area (Å²) in [5.74, 6) is -0.626. The van der Waals surface area contributed by atoms with E-state index in [2.05, 4.69) is 6.58 Å². The van der Waals surface area contributed by atoms with Crippen LogP contribution in [-0.2, 0) is 32.5 Å². The van der Waals surface area contributed by atoms with Crippen molar-refractivity contribution in [1.82, 2.24) is 3.97 Å². The number of esters is 1. The van der Waals surface area contributed by atoms with Crippen LogP contribution in [-0.4, -0.2) is 31.0 Å². The average molecular weight is 442 g/mol. The summed E-state index contributed by atoms with van der Waals surface area (Å²) in [5.41, 5.74) is 12.8. The molecule has 4 N–H and O–H groups in total. The van der Waals surface area contributed by atoms with Crippen molar-refractivity contribution in [1.29, 1.82) is 0 Å². The molecule has 0 aliphatic heterocycles. The second-order valence-corrected chi connectivity index (χ2v) is 9.59. The lowest BCUT2D eigenvalue weighted by Crippen LogP contribution is -2.48. The van der Waals surface area contributed by atoms with Crippen molar-refractivity contribution in [3.05, 3.63) is 84.1 Å². The van der Waals surface area contributed by atoms with Crippen LogP contribution >= 0.6 is 0 Å². The molecule has 0 fully saturated rings. The maximum absolute atomic E-state index is 13.8. The van der Waals surface area contributed by atoms with E-state index >= 15 is 0 Å². The Morgan fingerprint density at radius 3 is 2.45 bits per heavy atom. The number of methoxy groups -OCH3 is 1. The van der Waals surface area contributed by atoms with Gasteiger partial charge in [-0.05, 0) is 30.2 Å². The number of rotatable bonds is 8. The zero-order valence-corrected chi connectivity index (χ0v) is 18.4. The van der Waals surface area contributed by atoms with Crippen molar-refractivity contribution in [2.45, 2.75) is 30.7 Å². The van der Waals surface area contributed by atoms with Crippen molar-refractivity contribution >= 4 is 26.9 Å². The van der Waals surface area contributed by atoms with E-state index in [1.807, 2.05) is 12.1 Å². The molecule has 2 aromatic carbocycles. The largest absolute Gasteiger partial charge is 0.468 e. The number of para-hydroxylation sites is 1. The summed E-state index contributed by atoms with van der Waals surface area (Å²) in [6.07, 6.45) is 1.37. The number of aromatic nitrogens is 1. The molecule has 1 heterocycles. The standard InChI is InChI=1S/C23H27N3O4S/c1-4-21(17-11-9-16(15-24)10-12-17)31(28,29)26-19(14-23(2,25)22(27)30-3)13-18-7-5-6-8-20(18)26/h4-13,21H,1,14-15,24-25H2,2-3H3. The van der Waals surface area contributed by atoms with E-state index in [9.17, 15) is 13.2 Å². The Hall–Kier alpha value is -2.94. The number of carbonyl (C=O) groups excluding carboxylic acids is 1. The summed E-state index contributed by atoms with van der Waals surface area (Å²) in [6.45, 7) is 5.65. The van der Waals surface area contributed by atoms with Gasteiger partial charge in [-0.15, -0.1) is 6.58 Å². The summed E-state index contributed by atoms with van der Waals surface area (Å²) in [5, 5.41) is -0.279. The van der Waals surface area contributed by atoms with E-state index in [1.165, 1.54) is 24.1 Å². The Morgan fingerprint density at radius 1 is 1.23 bits per heavy atom. The van der Waals surface area contributed by atoms with Crippen LogP contribution in [0.1, 0.15) is 29.0 Å². The third kappa shape index (κ3) is 4.27. The van der Waals surface area contributed by atoms with E-state index in [0.717, 1.165) is 10.9 Å². The number of ether oxygens (including phenoxy) is 1. The van der Waals surface area contributed by atoms with Gasteiger partial charge in [-0.2, -0.15) is 0 Å². The van der Waals surface area contributed by atoms with Gasteiger partial charge in [0.25, 0.3) is 0 Å². The first kappa shape index (κ1) is 22.7. The Labute approximate surface area is 182 Å². The minimum absolute atomic E-state index is 0.0242. The first-order valence-electron chi connectivity index (χ1n) is 9.78. The highest BCUT2D eigenvalue weighted by Crippen LogP contribution is 2.32. The van der Waals surface area contributed by atoms with E-state index in [4.69, 9.17) is 16.2 Å². The maximum Gasteiger partial charge on any atom is 0.325 e. The molecule has 2 atom stereocenters. The number of fused-ring (bicyclic) bond motifs is 1. The van der Waals surface area contributed by atoms with Crippen molar-refractivity contribution in [2.75, 3.05) is 7.11 Å². The summed E-state index contributed by atoms with van der Waals surface area (Å²) in [6, 6.07) is 15.9. The van der Waals surface area contributed by atoms with Crippen molar-refractivity contribution < 1.29 is 17.9 Å². The smallest absolute Gasteiger partial charge is 0.325 e. The van der Waals surface area contributed by atoms with E-state index < -0.39 is 26.8 Å². The number of nitrogens with two attached hydrogens (primary N) is 2. The lowest BCUT2D eigenvalue weighted by Gasteiger charge is -2.24. The van der Waals surface area contributed by atoms with Gasteiger partial charge in [0.2, 0.25) is 10.0 Å². The highest BCUT2D eigenvalue weighted by molar-refractivity contribution is 7.90. The molecule has 7 nitrogen and oxygen atoms in total. The molecule has 0 aliphatic rings. The number of nitrogens with zero attached hydrogens (tertiary/aromatic N) is 1. The molecular formula is C23H27N3O4S. The number of benzene rings is 2. The predicted octanol–water partition coefficient (Wildman–Crippen LogP) is 2.64. The average Bonchev–Trinajstić information content (AvgIpc) is 3.11. The van der Waals surface area contributed by atoms with E-state index in [1.54, 1.807) is 42.5 Å². The maximum atomic E-state index is 13.8. The molecule has 8 heteroatoms. The monoisotopic (exact) mass is 441 g/mol. The van der Waals surface area contributed by atoms with Gasteiger partial charge < -0.3 is 16.2 Å². The molecule has 0 aliphatic carbocycles. The quantitative estimate of drug-likeness (QED) is 0.410. The van der Waals surface area contributed by atoms with Crippen molar-refractivity contribution in [2.24, 2.45) is 11.5 Å². The third-order valence-electron chi connectivity index (χ3n) is 5.27. The number of hydrogen-bond donors (Lipinski definition) is 2. The topological polar surface area (TPSA) is 117 Å². The first-order chi connectivity index (χ1) is 14.7. The van der Waals surface area contributed by atoms with Gasteiger partial charge in [-0.25, -0.2) is 12.4 Å². The van der Waals surface area contributed by atoms with Crippen LogP contribution in [0.3, 0.4) is 0 Å². The molecule has 0 bridgehead atoms. The van der Waals surface area contributed by atoms with Gasteiger partial charge in [0.1, 0.15) is 10.8 Å². The normalized spacial score (nSPS) is 14.7. The SMILES string of the molecule is C=CC(c1ccc(CN)cc1)S(=O)(=O)n1c(CC(C)(N)C(=O)OC)cc2ccccc21. The summed E-state index contributed by atoms with van der Waals surface area (Å²) in [7, 11) is -2.73. The summed E-state index contributed by atoms with van der Waals surface area (Å²) >= 11 is 0. The molecule has 164 valence electrons. The lowest BCUT2D eigenvalue weighted by molar-refractivity contribution is -0.146. The lowest BCUT2D eigenvalue weighted by atomic mass is 9.97. The van der Waals surface area contributed by atoms with Crippen LogP contribution in [0.4, 0.5) is 0 Å². The summed E-state index contributed by atoms with van der Waals surface area (Å²) in [4.78, 5) is 12.2. The fourth-order valence-electron chi connectivity index (χ4n) is 3.68. The minimum atomic E-state index is -3.98. The fourth-order valence-corrected chi connectivity index (χ4v) is 5.53. The minimum Gasteiger partial charge on any atom is -0.468 e. The molecule has 1 aromatic heterocycles. The highest BCUT2D eigenvalue weighted by atomic mass is 32.2. The van der Waals surface area contributed by atoms with Gasteiger partial charge in [-0.3, -0.25) is 4.79 Å². The van der Waals surface area contributed by atoms with E-state index in [-0.39, 0.29) is 6.42 Å². The van der Waals surface area contributed by atoms with Crippen molar-refractivity contribution in [3.63, 3.8) is 0 Å². The van der Waals surface area contributed by atoms with Crippen LogP contribution in [0.15, 0.2) is 67.3 Å². The fraction of sp³-hybridized carbons (Fsp3) is 0.261. The third-order valence-corrected chi connectivity index (χ3v) is 7.32. The second kappa shape index (κ2) is 8.66. The second-order valence-electron chi connectivity index (χ2n) is 7.69. The Kier molecular flexibility index (Phi) is 6.35. The molecule has 3 aromatic rings. The summed E-state index contributed by atoms with van der Waals surface area (Å²) < 4.78 is 33.8. The van der Waals surface area contributed by atoms with Gasteiger partial charge in [0.05, 0.1) is 12.6 Å². The molecule has 31 heavy (non-hydrogen) atoms. The number of hydrogen-bond acceptors (Lipinski definition) is 6. The zero-order chi connectivity index (χ0) is 22.8. The molecule has 0 saturated carbocycles. The van der Waals surface area contributed by atoms with Gasteiger partial charge >= 0.3 is 5.97 Å². The van der Waals surface area contributed by atoms with Crippen LogP contribution < -0.4 is 11.5 Å². The highest BCUT2D eigenvalue weighted by Gasteiger charge is 2.35. The van der Waals surface area contributed by atoms with E-state index in [0.29, 0.717) is 23.3 Å². The van der Waals surface area contributed by atoms with Gasteiger partial charge in [-0.1, -0.05) is 48.5 Å². The molecule has 0 saturated heterocycles. The molecule has 2 unspecified atom stereocenters. The van der Waals surface area contributed by atoms with Crippen LogP contribution in [0.5, 0.6) is 0 Å². The van der Waals surface area contributed by atoms with Gasteiger partial charge in [0.15, 0.2) is 0 Å². The molecule has 0 spiro atoms. The Balaban J connectivity index is 2.18. The molecule has 3 rings (SSSR count). The van der Waals surface area contributed by atoms with Crippen molar-refractivity contribution in [3.8, 4) is 0 Å². The van der Waals surface area contributed by atoms with Crippen LogP contribution in [0, 0.1) is 0 Å². The van der Waals surface area contributed by atoms with Crippen LogP contribution in [0.25, 0.3) is 10.9 Å². The Morgan fingerprint density at radius 2 is 1.87 bits per heavy atom. The number of carbonyl (C=O) groups is 1. The molecular weight excluding hydrogens is 414 g/mol. The Bertz CT molecular complexity index is 1210. The molecule has 0 amide bonds. The predicted molar refractivity (Wildman–Crippen MR) is 122 cm³/mol. The molecule has 0 radical (unpaired) electrons. The first-order valence-corrected chi connectivity index (χ1v) is 11.3. The van der Waals surface area contributed by atoms with Gasteiger partial charge in [0, 0.05) is 24.0 Å². The zero-order valence-electron chi connectivity index (χ0n) is 17.6.